The second kappa shape index (κ2) is 7.54. The van der Waals surface area contributed by atoms with E-state index in [1.54, 1.807) is 13.8 Å². The largest absolute Gasteiger partial charge is 0.393 e. The number of amides is 1. The Morgan fingerprint density at radius 3 is 2.83 bits per heavy atom. The van der Waals surface area contributed by atoms with Crippen LogP contribution in [0.2, 0.25) is 0 Å². The molecule has 8 heteroatoms. The van der Waals surface area contributed by atoms with Gasteiger partial charge in [0.1, 0.15) is 11.4 Å². The highest BCUT2D eigenvalue weighted by molar-refractivity contribution is 5.75. The van der Waals surface area contributed by atoms with Crippen LogP contribution < -0.4 is 5.32 Å². The van der Waals surface area contributed by atoms with Gasteiger partial charge in [-0.25, -0.2) is 0 Å². The zero-order chi connectivity index (χ0) is 17.0. The lowest BCUT2D eigenvalue weighted by Gasteiger charge is -2.25. The van der Waals surface area contributed by atoms with Crippen molar-refractivity contribution in [1.29, 1.82) is 0 Å². The first-order valence-corrected chi connectivity index (χ1v) is 8.01. The van der Waals surface area contributed by atoms with Crippen LogP contribution >= 0.6 is 0 Å². The van der Waals surface area contributed by atoms with Crippen LogP contribution in [-0.4, -0.2) is 38.4 Å². The summed E-state index contributed by atoms with van der Waals surface area (Å²) >= 11 is 0. The van der Waals surface area contributed by atoms with Gasteiger partial charge < -0.3 is 10.4 Å². The van der Waals surface area contributed by atoms with E-state index in [-0.39, 0.29) is 24.1 Å². The molecule has 1 aromatic heterocycles. The minimum Gasteiger partial charge on any atom is -0.393 e. The number of nitro groups is 1. The summed E-state index contributed by atoms with van der Waals surface area (Å²) in [6.45, 7) is 4.13. The van der Waals surface area contributed by atoms with Crippen LogP contribution in [0.5, 0.6) is 0 Å². The van der Waals surface area contributed by atoms with E-state index in [4.69, 9.17) is 0 Å². The number of rotatable bonds is 6. The standard InChI is InChI=1S/C15H24N4O4/c1-10-15(19(22)23)11(2)18(17-10)7-6-14(21)16-9-12-4-3-5-13(20)8-12/h12-13,20H,3-9H2,1-2H3,(H,16,21). The fourth-order valence-corrected chi connectivity index (χ4v) is 3.17. The van der Waals surface area contributed by atoms with Crippen molar-refractivity contribution in [3.63, 3.8) is 0 Å². The summed E-state index contributed by atoms with van der Waals surface area (Å²) in [6, 6.07) is 0. The number of aryl methyl sites for hydroxylation is 2. The van der Waals surface area contributed by atoms with Crippen molar-refractivity contribution in [3.8, 4) is 0 Å². The lowest BCUT2D eigenvalue weighted by molar-refractivity contribution is -0.386. The summed E-state index contributed by atoms with van der Waals surface area (Å²) in [5.74, 6) is 0.234. The van der Waals surface area contributed by atoms with Crippen LogP contribution in [0.25, 0.3) is 0 Å². The predicted molar refractivity (Wildman–Crippen MR) is 83.9 cm³/mol. The average molecular weight is 324 g/mol. The third-order valence-electron chi connectivity index (χ3n) is 4.42. The molecule has 0 saturated heterocycles. The quantitative estimate of drug-likeness (QED) is 0.608. The molecule has 0 radical (unpaired) electrons. The number of carbonyl (C=O) groups excluding carboxylic acids is 1. The average Bonchev–Trinajstić information content (AvgIpc) is 2.77. The fourth-order valence-electron chi connectivity index (χ4n) is 3.17. The second-order valence-corrected chi connectivity index (χ2v) is 6.24. The number of nitrogens with one attached hydrogen (secondary N) is 1. The first-order chi connectivity index (χ1) is 10.9. The van der Waals surface area contributed by atoms with E-state index in [1.165, 1.54) is 4.68 Å². The van der Waals surface area contributed by atoms with Crippen molar-refractivity contribution in [1.82, 2.24) is 15.1 Å². The van der Waals surface area contributed by atoms with E-state index in [9.17, 15) is 20.0 Å². The summed E-state index contributed by atoms with van der Waals surface area (Å²) in [5.41, 5.74) is 0.849. The summed E-state index contributed by atoms with van der Waals surface area (Å²) in [5, 5.41) is 27.6. The van der Waals surface area contributed by atoms with Gasteiger partial charge in [0.2, 0.25) is 5.91 Å². The molecule has 0 bridgehead atoms. The summed E-state index contributed by atoms with van der Waals surface area (Å²) in [4.78, 5) is 22.4. The van der Waals surface area contributed by atoms with Crippen LogP contribution in [-0.2, 0) is 11.3 Å². The van der Waals surface area contributed by atoms with E-state index in [2.05, 4.69) is 10.4 Å². The van der Waals surface area contributed by atoms with Crippen LogP contribution in [0.4, 0.5) is 5.69 Å². The number of hydrogen-bond acceptors (Lipinski definition) is 5. The summed E-state index contributed by atoms with van der Waals surface area (Å²) < 4.78 is 1.51. The molecule has 0 spiro atoms. The maximum atomic E-state index is 11.9. The molecule has 128 valence electrons. The molecule has 8 nitrogen and oxygen atoms in total. The number of aliphatic hydroxyl groups excluding tert-OH is 1. The first kappa shape index (κ1) is 17.4. The SMILES string of the molecule is Cc1nn(CCC(=O)NCC2CCCC(O)C2)c(C)c1[N+](=O)[O-]. The van der Waals surface area contributed by atoms with Gasteiger partial charge in [-0.1, -0.05) is 6.42 Å². The van der Waals surface area contributed by atoms with Crippen LogP contribution in [0.1, 0.15) is 43.5 Å². The van der Waals surface area contributed by atoms with Crippen molar-refractivity contribution in [2.75, 3.05) is 6.54 Å². The van der Waals surface area contributed by atoms with Crippen LogP contribution in [0.15, 0.2) is 0 Å². The number of hydrogen-bond donors (Lipinski definition) is 2. The van der Waals surface area contributed by atoms with Gasteiger partial charge in [0.05, 0.1) is 17.6 Å². The summed E-state index contributed by atoms with van der Waals surface area (Å²) in [7, 11) is 0. The molecule has 2 atom stereocenters. The van der Waals surface area contributed by atoms with Gasteiger partial charge in [0.15, 0.2) is 0 Å². The second-order valence-electron chi connectivity index (χ2n) is 6.24. The third kappa shape index (κ3) is 4.51. The van der Waals surface area contributed by atoms with Crippen molar-refractivity contribution in [2.24, 2.45) is 5.92 Å². The molecule has 1 saturated carbocycles. The molecule has 23 heavy (non-hydrogen) atoms. The van der Waals surface area contributed by atoms with Crippen LogP contribution in [0, 0.1) is 29.9 Å². The molecule has 1 aliphatic rings. The van der Waals surface area contributed by atoms with Gasteiger partial charge in [0, 0.05) is 13.0 Å². The Morgan fingerprint density at radius 1 is 1.48 bits per heavy atom. The van der Waals surface area contributed by atoms with E-state index in [0.717, 1.165) is 25.7 Å². The Bertz CT molecular complexity index is 584. The Morgan fingerprint density at radius 2 is 2.22 bits per heavy atom. The molecule has 1 aromatic rings. The van der Waals surface area contributed by atoms with Gasteiger partial charge in [0.25, 0.3) is 0 Å². The Hall–Kier alpha value is -1.96. The van der Waals surface area contributed by atoms with Gasteiger partial charge in [-0.05, 0) is 39.0 Å². The lowest BCUT2D eigenvalue weighted by Crippen LogP contribution is -2.33. The third-order valence-corrected chi connectivity index (χ3v) is 4.42. The lowest BCUT2D eigenvalue weighted by atomic mass is 9.87. The zero-order valence-electron chi connectivity index (χ0n) is 13.6. The highest BCUT2D eigenvalue weighted by Gasteiger charge is 2.22. The molecular weight excluding hydrogens is 300 g/mol. The molecular formula is C15H24N4O4. The van der Waals surface area contributed by atoms with Gasteiger partial charge in [-0.15, -0.1) is 0 Å². The summed E-state index contributed by atoms with van der Waals surface area (Å²) in [6.07, 6.45) is 3.60. The molecule has 2 N–H and O–H groups in total. The first-order valence-electron chi connectivity index (χ1n) is 8.01. The number of carbonyl (C=O) groups is 1. The van der Waals surface area contributed by atoms with Gasteiger partial charge >= 0.3 is 5.69 Å². The van der Waals surface area contributed by atoms with Crippen LogP contribution in [0.3, 0.4) is 0 Å². The number of aliphatic hydroxyl groups is 1. The van der Waals surface area contributed by atoms with E-state index < -0.39 is 4.92 Å². The molecule has 1 heterocycles. The molecule has 1 fully saturated rings. The molecule has 1 aliphatic carbocycles. The van der Waals surface area contributed by atoms with Gasteiger partial charge in [-0.2, -0.15) is 5.10 Å². The normalized spacial score (nSPS) is 21.2. The molecule has 0 aromatic carbocycles. The minimum atomic E-state index is -0.442. The number of nitrogens with zero attached hydrogens (tertiary/aromatic N) is 3. The van der Waals surface area contributed by atoms with Crippen molar-refractivity contribution in [2.45, 2.75) is 58.6 Å². The zero-order valence-corrected chi connectivity index (χ0v) is 13.6. The van der Waals surface area contributed by atoms with Crippen molar-refractivity contribution >= 4 is 11.6 Å². The highest BCUT2D eigenvalue weighted by atomic mass is 16.6. The Balaban J connectivity index is 1.80. The van der Waals surface area contributed by atoms with E-state index in [1.807, 2.05) is 0 Å². The minimum absolute atomic E-state index is 0.0154. The topological polar surface area (TPSA) is 110 Å². The van der Waals surface area contributed by atoms with E-state index in [0.29, 0.717) is 30.4 Å². The monoisotopic (exact) mass is 324 g/mol. The molecule has 1 amide bonds. The maximum Gasteiger partial charge on any atom is 0.312 e. The smallest absolute Gasteiger partial charge is 0.312 e. The van der Waals surface area contributed by atoms with Crippen molar-refractivity contribution in [3.05, 3.63) is 21.5 Å². The Labute approximate surface area is 135 Å². The molecule has 2 rings (SSSR count). The number of aromatic nitrogens is 2. The van der Waals surface area contributed by atoms with Gasteiger partial charge in [-0.3, -0.25) is 19.6 Å². The Kier molecular flexibility index (Phi) is 5.70. The fraction of sp³-hybridized carbons (Fsp3) is 0.733. The maximum absolute atomic E-state index is 11.9. The van der Waals surface area contributed by atoms with Crippen molar-refractivity contribution < 1.29 is 14.8 Å². The highest BCUT2D eigenvalue weighted by Crippen LogP contribution is 2.24. The molecule has 2 unspecified atom stereocenters. The molecule has 0 aliphatic heterocycles. The predicted octanol–water partition coefficient (Wildman–Crippen LogP) is 1.47. The van der Waals surface area contributed by atoms with E-state index >= 15 is 0 Å².